The van der Waals surface area contributed by atoms with Gasteiger partial charge in [-0.2, -0.15) is 0 Å². The highest BCUT2D eigenvalue weighted by molar-refractivity contribution is 5.75. The highest BCUT2D eigenvalue weighted by atomic mass is 16.5. The van der Waals surface area contributed by atoms with Crippen molar-refractivity contribution in [1.29, 1.82) is 0 Å². The minimum atomic E-state index is 0.0796. The molecule has 1 N–H and O–H groups in total. The molecule has 0 spiro atoms. The van der Waals surface area contributed by atoms with E-state index in [4.69, 9.17) is 4.74 Å². The normalized spacial score (nSPS) is 10.1. The molecule has 0 atom stereocenters. The average Bonchev–Trinajstić information content (AvgIpc) is 2.31. The van der Waals surface area contributed by atoms with Gasteiger partial charge in [-0.1, -0.05) is 13.0 Å². The Kier molecular flexibility index (Phi) is 5.01. The van der Waals surface area contributed by atoms with E-state index >= 15 is 0 Å². The first-order valence-electron chi connectivity index (χ1n) is 6.08. The number of aryl methyl sites for hydroxylation is 2. The smallest absolute Gasteiger partial charge is 0.219 e. The molecular weight excluding hydrogens is 214 g/mol. The van der Waals surface area contributed by atoms with Gasteiger partial charge < -0.3 is 10.1 Å². The van der Waals surface area contributed by atoms with Crippen LogP contribution in [-0.4, -0.2) is 12.5 Å². The predicted octanol–water partition coefficient (Wildman–Crippen LogP) is 2.73. The summed E-state index contributed by atoms with van der Waals surface area (Å²) in [6, 6.07) is 4.11. The number of nitrogens with one attached hydrogen (secondary N) is 1. The number of carbonyl (C=O) groups excluding carboxylic acids is 1. The summed E-state index contributed by atoms with van der Waals surface area (Å²) in [7, 11) is 0. The van der Waals surface area contributed by atoms with Crippen LogP contribution in [0.25, 0.3) is 0 Å². The summed E-state index contributed by atoms with van der Waals surface area (Å²) in [5, 5.41) is 2.89. The molecule has 0 bridgehead atoms. The van der Waals surface area contributed by atoms with Crippen molar-refractivity contribution in [3.63, 3.8) is 0 Å². The molecule has 0 unspecified atom stereocenters. The van der Waals surface area contributed by atoms with Crippen LogP contribution in [0.5, 0.6) is 5.75 Å². The molecule has 3 nitrogen and oxygen atoms in total. The van der Waals surface area contributed by atoms with Gasteiger partial charge in [-0.3, -0.25) is 4.79 Å². The van der Waals surface area contributed by atoms with E-state index < -0.39 is 0 Å². The number of hydrogen-bond donors (Lipinski definition) is 1. The zero-order valence-electron chi connectivity index (χ0n) is 11.1. The van der Waals surface area contributed by atoms with Crippen molar-refractivity contribution in [3.05, 3.63) is 28.8 Å². The molecule has 1 aromatic carbocycles. The first kappa shape index (κ1) is 13.6. The predicted molar refractivity (Wildman–Crippen MR) is 69.2 cm³/mol. The van der Waals surface area contributed by atoms with Crippen molar-refractivity contribution < 1.29 is 9.53 Å². The molecule has 0 radical (unpaired) electrons. The van der Waals surface area contributed by atoms with Crippen LogP contribution >= 0.6 is 0 Å². The number of ether oxygens (including phenoxy) is 1. The van der Waals surface area contributed by atoms with Crippen LogP contribution in [0.1, 0.15) is 37.0 Å². The Morgan fingerprint density at radius 2 is 1.94 bits per heavy atom. The van der Waals surface area contributed by atoms with Crippen LogP contribution in [0, 0.1) is 13.8 Å². The lowest BCUT2D eigenvalue weighted by molar-refractivity contribution is -0.120. The van der Waals surface area contributed by atoms with Crippen molar-refractivity contribution in [3.8, 4) is 5.75 Å². The van der Waals surface area contributed by atoms with Crippen molar-refractivity contribution in [2.45, 2.75) is 40.7 Å². The molecule has 3 heteroatoms. The first-order chi connectivity index (χ1) is 8.08. The molecule has 0 aliphatic rings. The molecule has 0 saturated carbocycles. The minimum Gasteiger partial charge on any atom is -0.494 e. The third-order valence-electron chi connectivity index (χ3n) is 2.73. The average molecular weight is 235 g/mol. The Morgan fingerprint density at radius 1 is 1.24 bits per heavy atom. The minimum absolute atomic E-state index is 0.0796. The SMILES string of the molecule is CCOc1cc(C)c(CNC(=O)CC)cc1C. The summed E-state index contributed by atoms with van der Waals surface area (Å²) in [5.41, 5.74) is 3.40. The lowest BCUT2D eigenvalue weighted by atomic mass is 10.0. The maximum atomic E-state index is 11.2. The summed E-state index contributed by atoms with van der Waals surface area (Å²) < 4.78 is 5.53. The zero-order valence-corrected chi connectivity index (χ0v) is 11.1. The van der Waals surface area contributed by atoms with Gasteiger partial charge in [0.15, 0.2) is 0 Å². The molecule has 1 amide bonds. The monoisotopic (exact) mass is 235 g/mol. The van der Waals surface area contributed by atoms with E-state index in [0.29, 0.717) is 19.6 Å². The van der Waals surface area contributed by atoms with E-state index in [1.807, 2.05) is 33.8 Å². The third-order valence-corrected chi connectivity index (χ3v) is 2.73. The summed E-state index contributed by atoms with van der Waals surface area (Å²) in [4.78, 5) is 11.2. The van der Waals surface area contributed by atoms with Crippen molar-refractivity contribution in [2.24, 2.45) is 0 Å². The maximum Gasteiger partial charge on any atom is 0.219 e. The van der Waals surface area contributed by atoms with Gasteiger partial charge >= 0.3 is 0 Å². The number of amides is 1. The molecule has 1 rings (SSSR count). The van der Waals surface area contributed by atoms with Gasteiger partial charge in [-0.25, -0.2) is 0 Å². The van der Waals surface area contributed by atoms with Gasteiger partial charge in [0, 0.05) is 13.0 Å². The molecule has 1 aromatic rings. The van der Waals surface area contributed by atoms with Gasteiger partial charge in [-0.05, 0) is 43.5 Å². The molecule has 0 aliphatic heterocycles. The van der Waals surface area contributed by atoms with Crippen molar-refractivity contribution in [2.75, 3.05) is 6.61 Å². The van der Waals surface area contributed by atoms with E-state index in [-0.39, 0.29) is 5.91 Å². The Balaban J connectivity index is 2.80. The Labute approximate surface area is 103 Å². The Hall–Kier alpha value is -1.51. The third kappa shape index (κ3) is 3.77. The molecular formula is C14H21NO2. The topological polar surface area (TPSA) is 38.3 Å². The lowest BCUT2D eigenvalue weighted by Crippen LogP contribution is -2.22. The Bertz CT molecular complexity index is 399. The summed E-state index contributed by atoms with van der Waals surface area (Å²) >= 11 is 0. The zero-order chi connectivity index (χ0) is 12.8. The molecule has 0 heterocycles. The number of carbonyl (C=O) groups is 1. The van der Waals surface area contributed by atoms with E-state index in [2.05, 4.69) is 11.4 Å². The van der Waals surface area contributed by atoms with Crippen LogP contribution in [-0.2, 0) is 11.3 Å². The summed E-state index contributed by atoms with van der Waals surface area (Å²) in [6.07, 6.45) is 0.523. The van der Waals surface area contributed by atoms with E-state index in [9.17, 15) is 4.79 Å². The van der Waals surface area contributed by atoms with Gasteiger partial charge in [-0.15, -0.1) is 0 Å². The standard InChI is InChI=1S/C14H21NO2/c1-5-14(16)15-9-12-7-11(4)13(17-6-2)8-10(12)3/h7-8H,5-6,9H2,1-4H3,(H,15,16). The second kappa shape index (κ2) is 6.28. The molecule has 0 saturated heterocycles. The highest BCUT2D eigenvalue weighted by Gasteiger charge is 2.06. The Morgan fingerprint density at radius 3 is 2.53 bits per heavy atom. The quantitative estimate of drug-likeness (QED) is 0.852. The van der Waals surface area contributed by atoms with Crippen LogP contribution in [0.3, 0.4) is 0 Å². The molecule has 0 aromatic heterocycles. The van der Waals surface area contributed by atoms with Gasteiger partial charge in [0.25, 0.3) is 0 Å². The summed E-state index contributed by atoms with van der Waals surface area (Å²) in [5.74, 6) is 1.01. The lowest BCUT2D eigenvalue weighted by Gasteiger charge is -2.13. The largest absolute Gasteiger partial charge is 0.494 e. The molecule has 0 fully saturated rings. The fourth-order valence-corrected chi connectivity index (χ4v) is 1.67. The van der Waals surface area contributed by atoms with Crippen molar-refractivity contribution in [1.82, 2.24) is 5.32 Å². The fraction of sp³-hybridized carbons (Fsp3) is 0.500. The van der Waals surface area contributed by atoms with E-state index in [1.54, 1.807) is 0 Å². The van der Waals surface area contributed by atoms with Crippen molar-refractivity contribution >= 4 is 5.91 Å². The van der Waals surface area contributed by atoms with Gasteiger partial charge in [0.2, 0.25) is 5.91 Å². The highest BCUT2D eigenvalue weighted by Crippen LogP contribution is 2.22. The maximum absolute atomic E-state index is 11.2. The second-order valence-corrected chi connectivity index (χ2v) is 4.11. The molecule has 94 valence electrons. The number of hydrogen-bond acceptors (Lipinski definition) is 2. The van der Waals surface area contributed by atoms with Crippen LogP contribution in [0.15, 0.2) is 12.1 Å². The fourth-order valence-electron chi connectivity index (χ4n) is 1.67. The second-order valence-electron chi connectivity index (χ2n) is 4.11. The van der Waals surface area contributed by atoms with Crippen LogP contribution in [0.2, 0.25) is 0 Å². The number of benzene rings is 1. The molecule has 17 heavy (non-hydrogen) atoms. The van der Waals surface area contributed by atoms with Gasteiger partial charge in [0.1, 0.15) is 5.75 Å². The first-order valence-corrected chi connectivity index (χ1v) is 6.08. The van der Waals surface area contributed by atoms with Crippen LogP contribution < -0.4 is 10.1 Å². The number of rotatable bonds is 5. The van der Waals surface area contributed by atoms with E-state index in [0.717, 1.165) is 22.4 Å². The van der Waals surface area contributed by atoms with Gasteiger partial charge in [0.05, 0.1) is 6.61 Å². The molecule has 0 aliphatic carbocycles. The van der Waals surface area contributed by atoms with E-state index in [1.165, 1.54) is 0 Å². The summed E-state index contributed by atoms with van der Waals surface area (Å²) in [6.45, 7) is 9.15. The van der Waals surface area contributed by atoms with Crippen LogP contribution in [0.4, 0.5) is 0 Å².